The Balaban J connectivity index is 2.29. The van der Waals surface area contributed by atoms with Gasteiger partial charge in [-0.15, -0.1) is 0 Å². The molecular weight excluding hydrogens is 244 g/mol. The molecule has 2 N–H and O–H groups in total. The van der Waals surface area contributed by atoms with Crippen LogP contribution in [0.2, 0.25) is 0 Å². The van der Waals surface area contributed by atoms with Crippen LogP contribution in [0.4, 0.5) is 4.79 Å². The van der Waals surface area contributed by atoms with Gasteiger partial charge in [-0.1, -0.05) is 0 Å². The zero-order chi connectivity index (χ0) is 14.6. The van der Waals surface area contributed by atoms with Crippen LogP contribution in [0, 0.1) is 0 Å². The van der Waals surface area contributed by atoms with Gasteiger partial charge in [0.05, 0.1) is 6.54 Å². The molecule has 1 saturated heterocycles. The zero-order valence-corrected chi connectivity index (χ0v) is 12.6. The number of hydrogen-bond donors (Lipinski definition) is 2. The summed E-state index contributed by atoms with van der Waals surface area (Å²) in [6, 6.07) is -0.0686. The Morgan fingerprint density at radius 2 is 1.95 bits per heavy atom. The lowest BCUT2D eigenvalue weighted by molar-refractivity contribution is -0.120. The van der Waals surface area contributed by atoms with Gasteiger partial charge in [0.25, 0.3) is 0 Å². The Morgan fingerprint density at radius 3 is 2.42 bits per heavy atom. The molecule has 0 aromatic carbocycles. The molecule has 0 spiro atoms. The molecule has 0 saturated carbocycles. The molecule has 6 heteroatoms. The highest BCUT2D eigenvalue weighted by molar-refractivity contribution is 5.83. The average molecular weight is 270 g/mol. The van der Waals surface area contributed by atoms with Crippen LogP contribution >= 0.6 is 0 Å². The van der Waals surface area contributed by atoms with Crippen molar-refractivity contribution in [3.8, 4) is 0 Å². The first-order valence-corrected chi connectivity index (χ1v) is 6.69. The van der Waals surface area contributed by atoms with Gasteiger partial charge in [0.1, 0.15) is 0 Å². The van der Waals surface area contributed by atoms with E-state index in [1.807, 2.05) is 0 Å². The summed E-state index contributed by atoms with van der Waals surface area (Å²) in [6.07, 6.45) is 0.963. The summed E-state index contributed by atoms with van der Waals surface area (Å²) in [6.45, 7) is 8.43. The van der Waals surface area contributed by atoms with Crippen LogP contribution in [0.3, 0.4) is 0 Å². The number of carbonyl (C=O) groups excluding carboxylic acids is 2. The topological polar surface area (TPSA) is 64.7 Å². The van der Waals surface area contributed by atoms with Crippen molar-refractivity contribution >= 4 is 11.9 Å². The number of nitrogens with zero attached hydrogens (tertiary/aromatic N) is 2. The highest BCUT2D eigenvalue weighted by atomic mass is 16.2. The molecule has 110 valence electrons. The highest BCUT2D eigenvalue weighted by Gasteiger charge is 2.30. The SMILES string of the molecule is CN(C)C(=O)NCC(=O)NC1CCN(C(C)(C)C)C1. The van der Waals surface area contributed by atoms with Crippen molar-refractivity contribution in [2.24, 2.45) is 0 Å². The number of hydrogen-bond acceptors (Lipinski definition) is 3. The first-order chi connectivity index (χ1) is 8.70. The van der Waals surface area contributed by atoms with E-state index in [9.17, 15) is 9.59 Å². The molecule has 1 aliphatic heterocycles. The van der Waals surface area contributed by atoms with Gasteiger partial charge in [0.15, 0.2) is 0 Å². The van der Waals surface area contributed by atoms with E-state index in [0.29, 0.717) is 0 Å². The summed E-state index contributed by atoms with van der Waals surface area (Å²) in [4.78, 5) is 26.8. The summed E-state index contributed by atoms with van der Waals surface area (Å²) in [5.41, 5.74) is 0.138. The maximum atomic E-state index is 11.7. The number of urea groups is 1. The number of carbonyl (C=O) groups is 2. The molecule has 1 rings (SSSR count). The first kappa shape index (κ1) is 15.8. The summed E-state index contributed by atoms with van der Waals surface area (Å²) in [7, 11) is 3.29. The van der Waals surface area contributed by atoms with E-state index in [-0.39, 0.29) is 30.1 Å². The lowest BCUT2D eigenvalue weighted by atomic mass is 10.1. The van der Waals surface area contributed by atoms with Gasteiger partial charge in [0.2, 0.25) is 5.91 Å². The van der Waals surface area contributed by atoms with Crippen LogP contribution in [-0.2, 0) is 4.79 Å². The zero-order valence-electron chi connectivity index (χ0n) is 12.6. The smallest absolute Gasteiger partial charge is 0.317 e. The second-order valence-corrected chi connectivity index (χ2v) is 6.22. The van der Waals surface area contributed by atoms with Crippen LogP contribution in [0.1, 0.15) is 27.2 Å². The van der Waals surface area contributed by atoms with Crippen molar-refractivity contribution < 1.29 is 9.59 Å². The van der Waals surface area contributed by atoms with E-state index in [1.165, 1.54) is 4.90 Å². The molecule has 1 fully saturated rings. The molecule has 0 aromatic rings. The fourth-order valence-electron chi connectivity index (χ4n) is 2.08. The number of rotatable bonds is 3. The largest absolute Gasteiger partial charge is 0.350 e. The molecule has 6 nitrogen and oxygen atoms in total. The summed E-state index contributed by atoms with van der Waals surface area (Å²) < 4.78 is 0. The maximum Gasteiger partial charge on any atom is 0.317 e. The van der Waals surface area contributed by atoms with Crippen molar-refractivity contribution in [2.75, 3.05) is 33.7 Å². The predicted molar refractivity (Wildman–Crippen MR) is 75.0 cm³/mol. The van der Waals surface area contributed by atoms with E-state index < -0.39 is 0 Å². The molecule has 1 heterocycles. The average Bonchev–Trinajstić information content (AvgIpc) is 2.73. The minimum atomic E-state index is -0.252. The van der Waals surface area contributed by atoms with Crippen molar-refractivity contribution in [3.63, 3.8) is 0 Å². The molecule has 0 bridgehead atoms. The molecule has 1 aliphatic rings. The molecule has 0 aliphatic carbocycles. The van der Waals surface area contributed by atoms with E-state index in [0.717, 1.165) is 19.5 Å². The van der Waals surface area contributed by atoms with Gasteiger partial charge in [-0.25, -0.2) is 4.79 Å². The normalized spacial score (nSPS) is 20.2. The summed E-state index contributed by atoms with van der Waals surface area (Å²) >= 11 is 0. The Morgan fingerprint density at radius 1 is 1.32 bits per heavy atom. The molecule has 1 unspecified atom stereocenters. The van der Waals surface area contributed by atoms with E-state index >= 15 is 0 Å². The van der Waals surface area contributed by atoms with Crippen LogP contribution in [-0.4, -0.2) is 67.0 Å². The highest BCUT2D eigenvalue weighted by Crippen LogP contribution is 2.20. The van der Waals surface area contributed by atoms with E-state index in [2.05, 4.69) is 36.3 Å². The quantitative estimate of drug-likeness (QED) is 0.772. The van der Waals surface area contributed by atoms with Crippen LogP contribution < -0.4 is 10.6 Å². The molecular formula is C13H26N4O2. The maximum absolute atomic E-state index is 11.7. The minimum Gasteiger partial charge on any atom is -0.350 e. The molecule has 0 aromatic heterocycles. The lowest BCUT2D eigenvalue weighted by Crippen LogP contribution is -2.46. The lowest BCUT2D eigenvalue weighted by Gasteiger charge is -2.31. The molecule has 19 heavy (non-hydrogen) atoms. The third kappa shape index (κ3) is 5.06. The molecule has 3 amide bonds. The number of nitrogens with one attached hydrogen (secondary N) is 2. The van der Waals surface area contributed by atoms with Crippen LogP contribution in [0.25, 0.3) is 0 Å². The first-order valence-electron chi connectivity index (χ1n) is 6.69. The van der Waals surface area contributed by atoms with Gasteiger partial charge in [0, 0.05) is 38.8 Å². The molecule has 1 atom stereocenters. The van der Waals surface area contributed by atoms with Gasteiger partial charge in [-0.3, -0.25) is 9.69 Å². The fraction of sp³-hybridized carbons (Fsp3) is 0.846. The Hall–Kier alpha value is -1.30. The van der Waals surface area contributed by atoms with Crippen molar-refractivity contribution in [1.82, 2.24) is 20.4 Å². The fourth-order valence-corrected chi connectivity index (χ4v) is 2.08. The third-order valence-electron chi connectivity index (χ3n) is 3.31. The summed E-state index contributed by atoms with van der Waals surface area (Å²) in [5, 5.41) is 5.52. The predicted octanol–water partition coefficient (Wildman–Crippen LogP) is 0.247. The van der Waals surface area contributed by atoms with Gasteiger partial charge < -0.3 is 15.5 Å². The van der Waals surface area contributed by atoms with Gasteiger partial charge in [-0.05, 0) is 27.2 Å². The monoisotopic (exact) mass is 270 g/mol. The van der Waals surface area contributed by atoms with Gasteiger partial charge >= 0.3 is 6.03 Å². The van der Waals surface area contributed by atoms with E-state index in [1.54, 1.807) is 14.1 Å². The van der Waals surface area contributed by atoms with Crippen molar-refractivity contribution in [3.05, 3.63) is 0 Å². The Kier molecular flexibility index (Phi) is 5.17. The Bertz CT molecular complexity index is 336. The standard InChI is InChI=1S/C13H26N4O2/c1-13(2,3)17-7-6-10(9-17)15-11(18)8-14-12(19)16(4)5/h10H,6-9H2,1-5H3,(H,14,19)(H,15,18). The van der Waals surface area contributed by atoms with Crippen molar-refractivity contribution in [2.45, 2.75) is 38.8 Å². The van der Waals surface area contributed by atoms with Crippen LogP contribution in [0.5, 0.6) is 0 Å². The van der Waals surface area contributed by atoms with Crippen LogP contribution in [0.15, 0.2) is 0 Å². The molecule has 0 radical (unpaired) electrons. The van der Waals surface area contributed by atoms with Gasteiger partial charge in [-0.2, -0.15) is 0 Å². The number of likely N-dealkylation sites (tertiary alicyclic amines) is 1. The van der Waals surface area contributed by atoms with Crippen molar-refractivity contribution in [1.29, 1.82) is 0 Å². The second-order valence-electron chi connectivity index (χ2n) is 6.22. The third-order valence-corrected chi connectivity index (χ3v) is 3.31. The minimum absolute atomic E-state index is 0.0308. The number of amides is 3. The summed E-state index contributed by atoms with van der Waals surface area (Å²) in [5.74, 6) is -0.129. The second kappa shape index (κ2) is 6.23. The Labute approximate surface area is 115 Å². The van der Waals surface area contributed by atoms with E-state index in [4.69, 9.17) is 0 Å².